The minimum Gasteiger partial charge on any atom is -0.490 e. The zero-order valence-corrected chi connectivity index (χ0v) is 18.0. The molecule has 2 aliphatic heterocycles. The standard InChI is InChI=1S/C21H25N5O3S/c1-23-7-9-25(10-8-23)17-4-3-16-15-22-26(20(16)13-17)30(27,28)18-5-6-19-21(14-18)29-12-11-24(19)2/h3-6,13-15H,7-12H2,1-2H3. The van der Waals surface area contributed by atoms with E-state index in [0.717, 1.165) is 53.6 Å². The topological polar surface area (TPSA) is 70.9 Å². The molecular weight excluding hydrogens is 402 g/mol. The van der Waals surface area contributed by atoms with Crippen LogP contribution in [0.2, 0.25) is 0 Å². The lowest BCUT2D eigenvalue weighted by Crippen LogP contribution is -2.44. The number of aromatic nitrogens is 2. The molecule has 2 aromatic carbocycles. The SMILES string of the molecule is CN1CCN(c2ccc3cnn(S(=O)(=O)c4ccc5c(c4)OCCN5C)c3c2)CC1. The van der Waals surface area contributed by atoms with Gasteiger partial charge in [0.1, 0.15) is 12.4 Å². The van der Waals surface area contributed by atoms with Crippen molar-refractivity contribution in [2.75, 3.05) is 63.2 Å². The first-order chi connectivity index (χ1) is 14.4. The Morgan fingerprint density at radius 3 is 2.57 bits per heavy atom. The van der Waals surface area contributed by atoms with E-state index in [0.29, 0.717) is 17.9 Å². The number of likely N-dealkylation sites (N-methyl/N-ethyl adjacent to an activating group) is 2. The van der Waals surface area contributed by atoms with Gasteiger partial charge in [0.05, 0.1) is 28.8 Å². The molecule has 1 aromatic heterocycles. The van der Waals surface area contributed by atoms with Gasteiger partial charge in [-0.15, -0.1) is 0 Å². The Kier molecular flexibility index (Phi) is 4.59. The molecule has 0 spiro atoms. The molecule has 2 aliphatic rings. The minimum absolute atomic E-state index is 0.173. The van der Waals surface area contributed by atoms with E-state index in [-0.39, 0.29) is 4.90 Å². The Morgan fingerprint density at radius 1 is 0.967 bits per heavy atom. The monoisotopic (exact) mass is 427 g/mol. The van der Waals surface area contributed by atoms with Crippen LogP contribution < -0.4 is 14.5 Å². The lowest BCUT2D eigenvalue weighted by atomic mass is 10.2. The van der Waals surface area contributed by atoms with Gasteiger partial charge in [-0.1, -0.05) is 0 Å². The van der Waals surface area contributed by atoms with E-state index in [1.54, 1.807) is 24.4 Å². The number of fused-ring (bicyclic) bond motifs is 2. The number of hydrogen-bond acceptors (Lipinski definition) is 7. The summed E-state index contributed by atoms with van der Waals surface area (Å²) in [6, 6.07) is 10.9. The van der Waals surface area contributed by atoms with Crippen LogP contribution in [0.25, 0.3) is 10.9 Å². The van der Waals surface area contributed by atoms with Crippen molar-refractivity contribution in [1.82, 2.24) is 14.1 Å². The van der Waals surface area contributed by atoms with Gasteiger partial charge in [0, 0.05) is 50.4 Å². The van der Waals surface area contributed by atoms with Gasteiger partial charge in [-0.25, -0.2) is 0 Å². The van der Waals surface area contributed by atoms with Gasteiger partial charge >= 0.3 is 0 Å². The minimum atomic E-state index is -3.85. The summed E-state index contributed by atoms with van der Waals surface area (Å²) in [5.41, 5.74) is 2.49. The summed E-state index contributed by atoms with van der Waals surface area (Å²) in [4.78, 5) is 6.80. The summed E-state index contributed by atoms with van der Waals surface area (Å²) >= 11 is 0. The van der Waals surface area contributed by atoms with Crippen LogP contribution in [0.5, 0.6) is 5.75 Å². The third kappa shape index (κ3) is 3.18. The third-order valence-electron chi connectivity index (χ3n) is 5.94. The van der Waals surface area contributed by atoms with E-state index in [1.807, 2.05) is 25.2 Å². The molecule has 8 nitrogen and oxygen atoms in total. The molecule has 1 fully saturated rings. The van der Waals surface area contributed by atoms with E-state index in [1.165, 1.54) is 0 Å². The molecule has 0 bridgehead atoms. The van der Waals surface area contributed by atoms with E-state index >= 15 is 0 Å². The lowest BCUT2D eigenvalue weighted by molar-refractivity contribution is 0.310. The quantitative estimate of drug-likeness (QED) is 0.632. The van der Waals surface area contributed by atoms with Crippen molar-refractivity contribution in [3.63, 3.8) is 0 Å². The Balaban J connectivity index is 1.54. The fourth-order valence-electron chi connectivity index (χ4n) is 4.04. The number of piperazine rings is 1. The second-order valence-corrected chi connectivity index (χ2v) is 9.69. The average molecular weight is 428 g/mol. The Bertz CT molecular complexity index is 1200. The van der Waals surface area contributed by atoms with E-state index in [4.69, 9.17) is 4.74 Å². The molecule has 0 saturated carbocycles. The molecule has 0 atom stereocenters. The number of rotatable bonds is 3. The van der Waals surface area contributed by atoms with Gasteiger partial charge in [0.15, 0.2) is 0 Å². The highest BCUT2D eigenvalue weighted by molar-refractivity contribution is 7.90. The highest BCUT2D eigenvalue weighted by Gasteiger charge is 2.25. The summed E-state index contributed by atoms with van der Waals surface area (Å²) in [5.74, 6) is 0.583. The smallest absolute Gasteiger partial charge is 0.283 e. The van der Waals surface area contributed by atoms with E-state index in [9.17, 15) is 8.42 Å². The molecule has 30 heavy (non-hydrogen) atoms. The molecule has 0 N–H and O–H groups in total. The van der Waals surface area contributed by atoms with Crippen LogP contribution in [0.1, 0.15) is 0 Å². The Labute approximate surface area is 176 Å². The van der Waals surface area contributed by atoms with Crippen LogP contribution in [-0.2, 0) is 10.0 Å². The fraction of sp³-hybridized carbons (Fsp3) is 0.381. The highest BCUT2D eigenvalue weighted by atomic mass is 32.2. The first kappa shape index (κ1) is 19.2. The van der Waals surface area contributed by atoms with E-state index in [2.05, 4.69) is 26.8 Å². The molecule has 0 amide bonds. The first-order valence-corrected chi connectivity index (χ1v) is 11.5. The summed E-state index contributed by atoms with van der Waals surface area (Å²) in [6.07, 6.45) is 1.60. The molecular formula is C21H25N5O3S. The molecule has 3 heterocycles. The number of ether oxygens (including phenoxy) is 1. The largest absolute Gasteiger partial charge is 0.490 e. The summed E-state index contributed by atoms with van der Waals surface area (Å²) in [5, 5.41) is 5.02. The van der Waals surface area contributed by atoms with Gasteiger partial charge < -0.3 is 19.4 Å². The molecule has 0 aliphatic carbocycles. The van der Waals surface area contributed by atoms with Gasteiger partial charge in [0.25, 0.3) is 10.0 Å². The molecule has 0 unspecified atom stereocenters. The molecule has 5 rings (SSSR count). The van der Waals surface area contributed by atoms with Crippen LogP contribution in [-0.4, -0.2) is 75.9 Å². The van der Waals surface area contributed by atoms with Gasteiger partial charge in [-0.3, -0.25) is 0 Å². The summed E-state index contributed by atoms with van der Waals surface area (Å²) in [7, 11) is 0.233. The van der Waals surface area contributed by atoms with Gasteiger partial charge in [-0.05, 0) is 37.4 Å². The highest BCUT2D eigenvalue weighted by Crippen LogP contribution is 2.34. The van der Waals surface area contributed by atoms with Crippen molar-refractivity contribution in [3.05, 3.63) is 42.6 Å². The van der Waals surface area contributed by atoms with Crippen molar-refractivity contribution < 1.29 is 13.2 Å². The van der Waals surface area contributed by atoms with Crippen molar-refractivity contribution >= 4 is 32.3 Å². The lowest BCUT2D eigenvalue weighted by Gasteiger charge is -2.34. The number of anilines is 2. The predicted molar refractivity (Wildman–Crippen MR) is 117 cm³/mol. The van der Waals surface area contributed by atoms with E-state index < -0.39 is 10.0 Å². The zero-order chi connectivity index (χ0) is 20.9. The number of nitrogens with zero attached hydrogens (tertiary/aromatic N) is 5. The predicted octanol–water partition coefficient (Wildman–Crippen LogP) is 1.85. The molecule has 3 aromatic rings. The van der Waals surface area contributed by atoms with Crippen molar-refractivity contribution in [2.24, 2.45) is 0 Å². The maximum Gasteiger partial charge on any atom is 0.283 e. The van der Waals surface area contributed by atoms with Crippen LogP contribution in [0.4, 0.5) is 11.4 Å². The second-order valence-electron chi connectivity index (χ2n) is 7.93. The van der Waals surface area contributed by atoms with Crippen LogP contribution in [0, 0.1) is 0 Å². The zero-order valence-electron chi connectivity index (χ0n) is 17.2. The van der Waals surface area contributed by atoms with Crippen molar-refractivity contribution in [3.8, 4) is 5.75 Å². The van der Waals surface area contributed by atoms with Crippen LogP contribution in [0.15, 0.2) is 47.5 Å². The molecule has 0 radical (unpaired) electrons. The maximum atomic E-state index is 13.4. The normalized spacial score (nSPS) is 17.8. The maximum absolute atomic E-state index is 13.4. The third-order valence-corrected chi connectivity index (χ3v) is 7.54. The fourth-order valence-corrected chi connectivity index (χ4v) is 5.32. The van der Waals surface area contributed by atoms with Crippen LogP contribution in [0.3, 0.4) is 0 Å². The average Bonchev–Trinajstić information content (AvgIpc) is 3.18. The van der Waals surface area contributed by atoms with Gasteiger partial charge in [-0.2, -0.15) is 17.6 Å². The molecule has 158 valence electrons. The van der Waals surface area contributed by atoms with Crippen molar-refractivity contribution in [1.29, 1.82) is 0 Å². The molecule has 9 heteroatoms. The number of hydrogen-bond donors (Lipinski definition) is 0. The summed E-state index contributed by atoms with van der Waals surface area (Å²) < 4.78 is 33.7. The molecule has 1 saturated heterocycles. The van der Waals surface area contributed by atoms with Crippen molar-refractivity contribution in [2.45, 2.75) is 4.90 Å². The van der Waals surface area contributed by atoms with Gasteiger partial charge in [0.2, 0.25) is 0 Å². The number of benzene rings is 2. The summed E-state index contributed by atoms with van der Waals surface area (Å²) in [6.45, 7) is 5.11. The Hall–Kier alpha value is -2.78. The van der Waals surface area contributed by atoms with Crippen LogP contribution >= 0.6 is 0 Å². The second kappa shape index (κ2) is 7.17. The first-order valence-electron chi connectivity index (χ1n) is 10.1. The Morgan fingerprint density at radius 2 is 1.77 bits per heavy atom.